The number of rotatable bonds is 6. The number of fused-ring (bicyclic) bond motifs is 1. The number of carbonyl (C=O) groups excluding carboxylic acids is 1. The molecule has 0 aromatic carbocycles. The number of pyridine rings is 1. The van der Waals surface area contributed by atoms with Gasteiger partial charge in [0.15, 0.2) is 0 Å². The second kappa shape index (κ2) is 6.52. The molecule has 3 rings (SSSR count). The Balaban J connectivity index is 1.80. The van der Waals surface area contributed by atoms with Gasteiger partial charge in [-0.25, -0.2) is 4.98 Å². The lowest BCUT2D eigenvalue weighted by Gasteiger charge is -2.19. The summed E-state index contributed by atoms with van der Waals surface area (Å²) in [6, 6.07) is 7.65. The summed E-state index contributed by atoms with van der Waals surface area (Å²) in [7, 11) is 0. The summed E-state index contributed by atoms with van der Waals surface area (Å²) in [5, 5.41) is 0. The van der Waals surface area contributed by atoms with Crippen LogP contribution in [0.4, 0.5) is 0 Å². The van der Waals surface area contributed by atoms with Crippen LogP contribution >= 0.6 is 0 Å². The van der Waals surface area contributed by atoms with Crippen molar-refractivity contribution in [3.8, 4) is 0 Å². The van der Waals surface area contributed by atoms with Crippen LogP contribution in [0.3, 0.4) is 0 Å². The molecule has 0 saturated carbocycles. The molecule has 3 heterocycles. The molecule has 3 aromatic heterocycles. The number of hydrogen-bond acceptors (Lipinski definition) is 3. The smallest absolute Gasteiger partial charge is 0.229 e. The van der Waals surface area contributed by atoms with E-state index in [9.17, 15) is 4.79 Å². The Morgan fingerprint density at radius 1 is 1.43 bits per heavy atom. The van der Waals surface area contributed by atoms with Gasteiger partial charge in [-0.3, -0.25) is 4.79 Å². The van der Waals surface area contributed by atoms with Crippen LogP contribution in [0.5, 0.6) is 0 Å². The van der Waals surface area contributed by atoms with E-state index < -0.39 is 0 Å². The van der Waals surface area contributed by atoms with E-state index in [2.05, 4.69) is 11.6 Å². The van der Waals surface area contributed by atoms with Crippen molar-refractivity contribution in [3.63, 3.8) is 0 Å². The van der Waals surface area contributed by atoms with Gasteiger partial charge < -0.3 is 13.7 Å². The van der Waals surface area contributed by atoms with E-state index >= 15 is 0 Å². The standard InChI is InChI=1S/C18H19N3O2/c1-3-8-20(13-16-7-5-10-23-16)17(22)11-15-12-19-18-14(2)6-4-9-21(15)18/h3-7,9-10,12H,1,8,11,13H2,2H3. The van der Waals surface area contributed by atoms with Crippen LogP contribution in [0.2, 0.25) is 0 Å². The van der Waals surface area contributed by atoms with Gasteiger partial charge in [-0.15, -0.1) is 6.58 Å². The van der Waals surface area contributed by atoms with Crippen LogP contribution in [0.15, 0.2) is 60.0 Å². The van der Waals surface area contributed by atoms with Gasteiger partial charge in [-0.1, -0.05) is 12.1 Å². The highest BCUT2D eigenvalue weighted by molar-refractivity contribution is 5.78. The van der Waals surface area contributed by atoms with Gasteiger partial charge in [0.2, 0.25) is 5.91 Å². The molecule has 0 N–H and O–H groups in total. The Morgan fingerprint density at radius 3 is 3.04 bits per heavy atom. The normalized spacial score (nSPS) is 10.8. The molecule has 0 fully saturated rings. The summed E-state index contributed by atoms with van der Waals surface area (Å²) >= 11 is 0. The molecular formula is C18H19N3O2. The molecular weight excluding hydrogens is 290 g/mol. The maximum atomic E-state index is 12.7. The van der Waals surface area contributed by atoms with Gasteiger partial charge in [0.25, 0.3) is 0 Å². The van der Waals surface area contributed by atoms with Crippen molar-refractivity contribution in [1.29, 1.82) is 0 Å². The Bertz CT molecular complexity index is 818. The van der Waals surface area contributed by atoms with Crippen LogP contribution in [-0.4, -0.2) is 26.7 Å². The first-order chi connectivity index (χ1) is 11.2. The average Bonchev–Trinajstić information content (AvgIpc) is 3.18. The van der Waals surface area contributed by atoms with Crippen molar-refractivity contribution in [2.24, 2.45) is 0 Å². The molecule has 0 bridgehead atoms. The SMILES string of the molecule is C=CCN(Cc1ccco1)C(=O)Cc1cnc2c(C)cccn12. The highest BCUT2D eigenvalue weighted by atomic mass is 16.3. The zero-order valence-corrected chi connectivity index (χ0v) is 13.1. The summed E-state index contributed by atoms with van der Waals surface area (Å²) < 4.78 is 7.30. The largest absolute Gasteiger partial charge is 0.467 e. The van der Waals surface area contributed by atoms with Gasteiger partial charge in [0.05, 0.1) is 24.9 Å². The molecule has 5 nitrogen and oxygen atoms in total. The number of aromatic nitrogens is 2. The molecule has 3 aromatic rings. The van der Waals surface area contributed by atoms with E-state index in [1.807, 2.05) is 41.8 Å². The molecule has 5 heteroatoms. The maximum absolute atomic E-state index is 12.7. The fourth-order valence-electron chi connectivity index (χ4n) is 2.60. The quantitative estimate of drug-likeness (QED) is 0.658. The molecule has 0 radical (unpaired) electrons. The Labute approximate surface area is 134 Å². The zero-order chi connectivity index (χ0) is 16.2. The summed E-state index contributed by atoms with van der Waals surface area (Å²) in [5.74, 6) is 0.777. The first-order valence-corrected chi connectivity index (χ1v) is 7.51. The van der Waals surface area contributed by atoms with Crippen molar-refractivity contribution in [2.45, 2.75) is 19.9 Å². The number of hydrogen-bond donors (Lipinski definition) is 0. The van der Waals surface area contributed by atoms with Crippen LogP contribution < -0.4 is 0 Å². The molecule has 0 aliphatic heterocycles. The van der Waals surface area contributed by atoms with Gasteiger partial charge >= 0.3 is 0 Å². The lowest BCUT2D eigenvalue weighted by atomic mass is 10.2. The van der Waals surface area contributed by atoms with Crippen LogP contribution in [0.1, 0.15) is 17.0 Å². The van der Waals surface area contributed by atoms with Crippen LogP contribution in [0, 0.1) is 6.92 Å². The van der Waals surface area contributed by atoms with Crippen LogP contribution in [0.25, 0.3) is 5.65 Å². The predicted molar refractivity (Wildman–Crippen MR) is 88.0 cm³/mol. The fraction of sp³-hybridized carbons (Fsp3) is 0.222. The highest BCUT2D eigenvalue weighted by Crippen LogP contribution is 2.13. The summed E-state index contributed by atoms with van der Waals surface area (Å²) in [6.45, 7) is 6.66. The van der Waals surface area contributed by atoms with Crippen molar-refractivity contribution in [3.05, 3.63) is 72.6 Å². The third-order valence-electron chi connectivity index (χ3n) is 3.77. The third-order valence-corrected chi connectivity index (χ3v) is 3.77. The maximum Gasteiger partial charge on any atom is 0.229 e. The molecule has 0 atom stereocenters. The third kappa shape index (κ3) is 3.18. The first kappa shape index (κ1) is 15.1. The topological polar surface area (TPSA) is 50.8 Å². The van der Waals surface area contributed by atoms with Crippen molar-refractivity contribution >= 4 is 11.6 Å². The second-order valence-electron chi connectivity index (χ2n) is 5.45. The molecule has 0 aliphatic carbocycles. The number of nitrogens with zero attached hydrogens (tertiary/aromatic N) is 3. The molecule has 0 aliphatic rings. The number of carbonyl (C=O) groups is 1. The predicted octanol–water partition coefficient (Wildman–Crippen LogP) is 2.99. The minimum Gasteiger partial charge on any atom is -0.467 e. The molecule has 118 valence electrons. The fourth-order valence-corrected chi connectivity index (χ4v) is 2.60. The monoisotopic (exact) mass is 309 g/mol. The minimum atomic E-state index is 0.0182. The van der Waals surface area contributed by atoms with Crippen molar-refractivity contribution in [1.82, 2.24) is 14.3 Å². The zero-order valence-electron chi connectivity index (χ0n) is 13.1. The van der Waals surface area contributed by atoms with Gasteiger partial charge in [0, 0.05) is 18.9 Å². The minimum absolute atomic E-state index is 0.0182. The molecule has 23 heavy (non-hydrogen) atoms. The summed E-state index contributed by atoms with van der Waals surface area (Å²) in [5.41, 5.74) is 2.85. The van der Waals surface area contributed by atoms with E-state index in [0.717, 1.165) is 22.7 Å². The summed E-state index contributed by atoms with van der Waals surface area (Å²) in [6.07, 6.45) is 7.32. The van der Waals surface area contributed by atoms with E-state index in [1.54, 1.807) is 23.4 Å². The first-order valence-electron chi connectivity index (χ1n) is 7.51. The summed E-state index contributed by atoms with van der Waals surface area (Å²) in [4.78, 5) is 18.8. The lowest BCUT2D eigenvalue weighted by Crippen LogP contribution is -2.32. The Morgan fingerprint density at radius 2 is 2.30 bits per heavy atom. The number of imidazole rings is 1. The van der Waals surface area contributed by atoms with Crippen LogP contribution in [-0.2, 0) is 17.8 Å². The number of amides is 1. The average molecular weight is 309 g/mol. The highest BCUT2D eigenvalue weighted by Gasteiger charge is 2.17. The van der Waals surface area contributed by atoms with E-state index in [1.165, 1.54) is 0 Å². The number of furan rings is 1. The van der Waals surface area contributed by atoms with E-state index in [4.69, 9.17) is 4.42 Å². The Hall–Kier alpha value is -2.82. The van der Waals surface area contributed by atoms with E-state index in [0.29, 0.717) is 19.5 Å². The number of aryl methyl sites for hydroxylation is 1. The van der Waals surface area contributed by atoms with Crippen molar-refractivity contribution < 1.29 is 9.21 Å². The Kier molecular flexibility index (Phi) is 4.28. The molecule has 0 spiro atoms. The lowest BCUT2D eigenvalue weighted by molar-refractivity contribution is -0.130. The van der Waals surface area contributed by atoms with Gasteiger partial charge in [-0.05, 0) is 30.7 Å². The van der Waals surface area contributed by atoms with E-state index in [-0.39, 0.29) is 5.91 Å². The molecule has 0 unspecified atom stereocenters. The van der Waals surface area contributed by atoms with Crippen molar-refractivity contribution in [2.75, 3.05) is 6.54 Å². The molecule has 0 saturated heterocycles. The van der Waals surface area contributed by atoms with Gasteiger partial charge in [-0.2, -0.15) is 0 Å². The molecule has 1 amide bonds. The van der Waals surface area contributed by atoms with Gasteiger partial charge in [0.1, 0.15) is 11.4 Å². The second-order valence-corrected chi connectivity index (χ2v) is 5.45.